The maximum atomic E-state index is 13.0. The number of amides is 2. The minimum absolute atomic E-state index is 0.00908. The van der Waals surface area contributed by atoms with Gasteiger partial charge in [-0.1, -0.05) is 6.07 Å². The van der Waals surface area contributed by atoms with E-state index in [0.717, 1.165) is 40.9 Å². The predicted molar refractivity (Wildman–Crippen MR) is 119 cm³/mol. The number of aromatic nitrogens is 3. The number of rotatable bonds is 4. The van der Waals surface area contributed by atoms with E-state index >= 15 is 0 Å². The quantitative estimate of drug-likeness (QED) is 0.654. The van der Waals surface area contributed by atoms with Crippen LogP contribution in [-0.4, -0.2) is 39.2 Å². The lowest BCUT2D eigenvalue weighted by Gasteiger charge is -2.41. The molecule has 3 aromatic rings. The van der Waals surface area contributed by atoms with Crippen LogP contribution in [0.2, 0.25) is 0 Å². The zero-order valence-corrected chi connectivity index (χ0v) is 17.7. The molecule has 3 heterocycles. The van der Waals surface area contributed by atoms with Crippen LogP contribution in [0.25, 0.3) is 11.1 Å². The molecule has 158 valence electrons. The van der Waals surface area contributed by atoms with Crippen molar-refractivity contribution >= 4 is 23.2 Å². The van der Waals surface area contributed by atoms with Crippen LogP contribution >= 0.6 is 0 Å². The van der Waals surface area contributed by atoms with Crippen molar-refractivity contribution in [1.29, 1.82) is 0 Å². The first-order valence-electron chi connectivity index (χ1n) is 10.7. The highest BCUT2D eigenvalue weighted by Crippen LogP contribution is 2.42. The van der Waals surface area contributed by atoms with Crippen molar-refractivity contribution in [3.63, 3.8) is 0 Å². The third kappa shape index (κ3) is 3.71. The molecule has 1 fully saturated rings. The molecule has 2 amide bonds. The molecule has 1 aliphatic heterocycles. The van der Waals surface area contributed by atoms with Gasteiger partial charge in [0.1, 0.15) is 0 Å². The lowest BCUT2D eigenvalue weighted by atomic mass is 10.0. The smallest absolute Gasteiger partial charge is 0.230 e. The van der Waals surface area contributed by atoms with Gasteiger partial charge in [0.25, 0.3) is 0 Å². The van der Waals surface area contributed by atoms with Gasteiger partial charge in [0, 0.05) is 43.5 Å². The van der Waals surface area contributed by atoms with E-state index in [1.54, 1.807) is 24.2 Å². The largest absolute Gasteiger partial charge is 0.308 e. The third-order valence-corrected chi connectivity index (χ3v) is 6.01. The van der Waals surface area contributed by atoms with Crippen LogP contribution in [-0.2, 0) is 16.1 Å². The molecule has 1 unspecified atom stereocenters. The SMILES string of the molecule is CC(=O)N1c2ccc(-c3cnn(Cc4ccncc4)c3)cc2N(C(=O)C2CC2)CC1C. The topological polar surface area (TPSA) is 71.3 Å². The Morgan fingerprint density at radius 2 is 1.84 bits per heavy atom. The Morgan fingerprint density at radius 1 is 1.06 bits per heavy atom. The van der Waals surface area contributed by atoms with Crippen LogP contribution in [0, 0.1) is 5.92 Å². The van der Waals surface area contributed by atoms with Gasteiger partial charge in [-0.2, -0.15) is 5.10 Å². The monoisotopic (exact) mass is 415 g/mol. The number of carbonyl (C=O) groups is 2. The molecule has 0 N–H and O–H groups in total. The van der Waals surface area contributed by atoms with Crippen molar-refractivity contribution in [3.8, 4) is 11.1 Å². The highest BCUT2D eigenvalue weighted by atomic mass is 16.2. The summed E-state index contributed by atoms with van der Waals surface area (Å²) in [7, 11) is 0. The zero-order chi connectivity index (χ0) is 21.5. The summed E-state index contributed by atoms with van der Waals surface area (Å²) >= 11 is 0. The van der Waals surface area contributed by atoms with E-state index in [0.29, 0.717) is 13.1 Å². The van der Waals surface area contributed by atoms with E-state index in [2.05, 4.69) is 10.1 Å². The lowest BCUT2D eigenvalue weighted by Crippen LogP contribution is -2.51. The lowest BCUT2D eigenvalue weighted by molar-refractivity contribution is -0.120. The van der Waals surface area contributed by atoms with E-state index < -0.39 is 0 Å². The standard InChI is InChI=1S/C24H25N5O2/c1-16-13-28(24(31)19-3-4-19)23-11-20(5-6-22(23)29(16)17(2)30)21-12-26-27(15-21)14-18-7-9-25-10-8-18/h5-12,15-16,19H,3-4,13-14H2,1-2H3. The van der Waals surface area contributed by atoms with Gasteiger partial charge >= 0.3 is 0 Å². The average Bonchev–Trinajstić information content (AvgIpc) is 3.52. The van der Waals surface area contributed by atoms with Gasteiger partial charge in [-0.25, -0.2) is 0 Å². The molecule has 2 aromatic heterocycles. The summed E-state index contributed by atoms with van der Waals surface area (Å²) in [6, 6.07) is 9.86. The van der Waals surface area contributed by atoms with Gasteiger partial charge in [-0.05, 0) is 55.2 Å². The van der Waals surface area contributed by atoms with E-state index in [1.165, 1.54) is 0 Å². The van der Waals surface area contributed by atoms with Gasteiger partial charge in [-0.3, -0.25) is 19.3 Å². The second-order valence-electron chi connectivity index (χ2n) is 8.45. The fourth-order valence-corrected chi connectivity index (χ4v) is 4.32. The Hall–Kier alpha value is -3.48. The van der Waals surface area contributed by atoms with Crippen molar-refractivity contribution in [1.82, 2.24) is 14.8 Å². The van der Waals surface area contributed by atoms with Crippen LogP contribution in [0.5, 0.6) is 0 Å². The van der Waals surface area contributed by atoms with Crippen molar-refractivity contribution < 1.29 is 9.59 Å². The first-order chi connectivity index (χ1) is 15.0. The number of pyridine rings is 1. The van der Waals surface area contributed by atoms with Crippen molar-refractivity contribution in [2.45, 2.75) is 39.3 Å². The fourth-order valence-electron chi connectivity index (χ4n) is 4.32. The van der Waals surface area contributed by atoms with Crippen LogP contribution in [0.4, 0.5) is 11.4 Å². The first-order valence-corrected chi connectivity index (χ1v) is 10.7. The molecule has 7 nitrogen and oxygen atoms in total. The number of nitrogens with zero attached hydrogens (tertiary/aromatic N) is 5. The molecule has 2 aliphatic rings. The minimum Gasteiger partial charge on any atom is -0.308 e. The molecule has 1 aromatic carbocycles. The minimum atomic E-state index is -0.0540. The third-order valence-electron chi connectivity index (χ3n) is 6.01. The molecule has 5 rings (SSSR count). The molecule has 7 heteroatoms. The van der Waals surface area contributed by atoms with Gasteiger partial charge in [-0.15, -0.1) is 0 Å². The molecular weight excluding hydrogens is 390 g/mol. The molecule has 0 spiro atoms. The summed E-state index contributed by atoms with van der Waals surface area (Å²) in [4.78, 5) is 33.1. The highest BCUT2D eigenvalue weighted by molar-refractivity contribution is 6.06. The number of carbonyl (C=O) groups excluding carboxylic acids is 2. The van der Waals surface area contributed by atoms with E-state index in [4.69, 9.17) is 0 Å². The summed E-state index contributed by atoms with van der Waals surface area (Å²) in [6.45, 7) is 4.76. The van der Waals surface area contributed by atoms with Crippen LogP contribution in [0.1, 0.15) is 32.3 Å². The number of benzene rings is 1. The molecule has 1 aliphatic carbocycles. The Kier molecular flexibility index (Phi) is 4.81. The second-order valence-corrected chi connectivity index (χ2v) is 8.45. The molecule has 0 bridgehead atoms. The fraction of sp³-hybridized carbons (Fsp3) is 0.333. The number of fused-ring (bicyclic) bond motifs is 1. The van der Waals surface area contributed by atoms with Crippen LogP contribution in [0.3, 0.4) is 0 Å². The molecular formula is C24H25N5O2. The average molecular weight is 415 g/mol. The van der Waals surface area contributed by atoms with Crippen molar-refractivity contribution in [3.05, 3.63) is 60.7 Å². The summed E-state index contributed by atoms with van der Waals surface area (Å²) < 4.78 is 1.89. The molecule has 1 atom stereocenters. The van der Waals surface area contributed by atoms with E-state index in [-0.39, 0.29) is 23.8 Å². The number of anilines is 2. The molecule has 31 heavy (non-hydrogen) atoms. The van der Waals surface area contributed by atoms with Gasteiger partial charge in [0.2, 0.25) is 11.8 Å². The maximum absolute atomic E-state index is 13.0. The van der Waals surface area contributed by atoms with Crippen molar-refractivity contribution in [2.24, 2.45) is 5.92 Å². The van der Waals surface area contributed by atoms with Crippen LogP contribution in [0.15, 0.2) is 55.1 Å². The summed E-state index contributed by atoms with van der Waals surface area (Å²) in [5.74, 6) is 0.280. The number of hydrogen-bond donors (Lipinski definition) is 0. The maximum Gasteiger partial charge on any atom is 0.230 e. The normalized spacial score (nSPS) is 18.1. The first kappa shape index (κ1) is 19.5. The summed E-state index contributed by atoms with van der Waals surface area (Å²) in [5.41, 5.74) is 4.69. The van der Waals surface area contributed by atoms with Gasteiger partial charge < -0.3 is 9.80 Å². The number of hydrogen-bond acceptors (Lipinski definition) is 4. The van der Waals surface area contributed by atoms with E-state index in [9.17, 15) is 9.59 Å². The predicted octanol–water partition coefficient (Wildman–Crippen LogP) is 3.49. The zero-order valence-electron chi connectivity index (χ0n) is 17.7. The Bertz CT molecular complexity index is 1140. The second kappa shape index (κ2) is 7.65. The Morgan fingerprint density at radius 3 is 2.55 bits per heavy atom. The summed E-state index contributed by atoms with van der Waals surface area (Å²) in [5, 5.41) is 4.50. The van der Waals surface area contributed by atoms with Crippen LogP contribution < -0.4 is 9.80 Å². The Labute approximate surface area is 181 Å². The molecule has 0 saturated heterocycles. The molecule has 1 saturated carbocycles. The Balaban J connectivity index is 1.50. The highest BCUT2D eigenvalue weighted by Gasteiger charge is 2.39. The van der Waals surface area contributed by atoms with E-state index in [1.807, 2.05) is 59.2 Å². The molecule has 0 radical (unpaired) electrons. The van der Waals surface area contributed by atoms with Gasteiger partial charge in [0.15, 0.2) is 0 Å². The van der Waals surface area contributed by atoms with Crippen molar-refractivity contribution in [2.75, 3.05) is 16.3 Å². The van der Waals surface area contributed by atoms with Gasteiger partial charge in [0.05, 0.1) is 30.2 Å². The summed E-state index contributed by atoms with van der Waals surface area (Å²) in [6.07, 6.45) is 9.30.